The van der Waals surface area contributed by atoms with Crippen LogP contribution in [0.5, 0.6) is 0 Å². The standard InChI is InChI=1S/C27H24O9/c28-19-20(29)23(35-26(32)17-12-6-2-7-13-17)24(36-27(33)18-14-8-3-9-15-18)21(30)22(19)34-25(31)16-10-4-1-5-11-16/h1-15,19-24,28-30H/t19-,20-,21+,22+,23+,24+/m1/s1. The lowest BCUT2D eigenvalue weighted by atomic mass is 9.84. The number of ether oxygens (including phenoxy) is 3. The third kappa shape index (κ3) is 5.44. The minimum Gasteiger partial charge on any atom is -0.453 e. The minimum absolute atomic E-state index is 0.135. The van der Waals surface area contributed by atoms with Crippen LogP contribution >= 0.6 is 0 Å². The predicted molar refractivity (Wildman–Crippen MR) is 125 cm³/mol. The summed E-state index contributed by atoms with van der Waals surface area (Å²) in [5.74, 6) is -2.63. The fourth-order valence-electron chi connectivity index (χ4n) is 3.88. The van der Waals surface area contributed by atoms with Crippen LogP contribution in [0.25, 0.3) is 0 Å². The maximum Gasteiger partial charge on any atom is 0.338 e. The van der Waals surface area contributed by atoms with Crippen molar-refractivity contribution in [2.75, 3.05) is 0 Å². The Kier molecular flexibility index (Phi) is 7.74. The van der Waals surface area contributed by atoms with Crippen LogP contribution in [0.15, 0.2) is 91.0 Å². The van der Waals surface area contributed by atoms with Crippen LogP contribution in [-0.2, 0) is 14.2 Å². The van der Waals surface area contributed by atoms with Gasteiger partial charge in [-0.15, -0.1) is 0 Å². The van der Waals surface area contributed by atoms with E-state index in [0.29, 0.717) is 0 Å². The van der Waals surface area contributed by atoms with E-state index in [9.17, 15) is 29.7 Å². The first-order valence-corrected chi connectivity index (χ1v) is 11.2. The molecule has 0 amide bonds. The molecule has 4 rings (SSSR count). The van der Waals surface area contributed by atoms with Gasteiger partial charge in [0, 0.05) is 0 Å². The maximum absolute atomic E-state index is 12.8. The zero-order chi connectivity index (χ0) is 25.7. The van der Waals surface area contributed by atoms with Crippen LogP contribution < -0.4 is 0 Å². The Labute approximate surface area is 206 Å². The topological polar surface area (TPSA) is 140 Å². The zero-order valence-corrected chi connectivity index (χ0v) is 18.9. The average Bonchev–Trinajstić information content (AvgIpc) is 2.92. The fraction of sp³-hybridized carbons (Fsp3) is 0.222. The molecule has 0 saturated heterocycles. The summed E-state index contributed by atoms with van der Waals surface area (Å²) in [5, 5.41) is 32.6. The van der Waals surface area contributed by atoms with Crippen molar-refractivity contribution in [2.45, 2.75) is 36.6 Å². The van der Waals surface area contributed by atoms with E-state index in [0.717, 1.165) is 0 Å². The third-order valence-corrected chi connectivity index (χ3v) is 5.78. The molecule has 0 heterocycles. The van der Waals surface area contributed by atoms with Gasteiger partial charge in [-0.2, -0.15) is 0 Å². The molecule has 0 aliphatic heterocycles. The van der Waals surface area contributed by atoms with E-state index in [4.69, 9.17) is 14.2 Å². The largest absolute Gasteiger partial charge is 0.453 e. The predicted octanol–water partition coefficient (Wildman–Crippen LogP) is 1.76. The number of carbonyl (C=O) groups is 3. The highest BCUT2D eigenvalue weighted by Gasteiger charge is 2.55. The molecule has 3 aromatic carbocycles. The van der Waals surface area contributed by atoms with Crippen LogP contribution in [0.2, 0.25) is 0 Å². The molecule has 0 aromatic heterocycles. The van der Waals surface area contributed by atoms with E-state index >= 15 is 0 Å². The highest BCUT2D eigenvalue weighted by atomic mass is 16.6. The van der Waals surface area contributed by atoms with Crippen LogP contribution in [0, 0.1) is 0 Å². The summed E-state index contributed by atoms with van der Waals surface area (Å²) in [6, 6.07) is 23.5. The smallest absolute Gasteiger partial charge is 0.338 e. The van der Waals surface area contributed by atoms with E-state index in [-0.39, 0.29) is 16.7 Å². The van der Waals surface area contributed by atoms with Gasteiger partial charge in [0.25, 0.3) is 0 Å². The van der Waals surface area contributed by atoms with Gasteiger partial charge in [-0.25, -0.2) is 14.4 Å². The van der Waals surface area contributed by atoms with Gasteiger partial charge in [0.1, 0.15) is 18.3 Å². The van der Waals surface area contributed by atoms with Crippen molar-refractivity contribution in [3.8, 4) is 0 Å². The molecule has 9 heteroatoms. The maximum atomic E-state index is 12.8. The molecule has 186 valence electrons. The van der Waals surface area contributed by atoms with Crippen LogP contribution in [-0.4, -0.2) is 69.9 Å². The highest BCUT2D eigenvalue weighted by molar-refractivity contribution is 5.91. The highest BCUT2D eigenvalue weighted by Crippen LogP contribution is 2.30. The number of aliphatic hydroxyl groups excluding tert-OH is 3. The molecule has 0 spiro atoms. The molecule has 9 nitrogen and oxygen atoms in total. The second-order valence-electron chi connectivity index (χ2n) is 8.18. The van der Waals surface area contributed by atoms with Crippen LogP contribution in [0.1, 0.15) is 31.1 Å². The molecular weight excluding hydrogens is 468 g/mol. The molecule has 1 saturated carbocycles. The summed E-state index contributed by atoms with van der Waals surface area (Å²) in [6.45, 7) is 0. The Hall–Kier alpha value is -4.05. The molecule has 1 fully saturated rings. The summed E-state index contributed by atoms with van der Waals surface area (Å²) in [4.78, 5) is 38.1. The Morgan fingerprint density at radius 1 is 0.444 bits per heavy atom. The average molecular weight is 492 g/mol. The number of rotatable bonds is 6. The van der Waals surface area contributed by atoms with Crippen LogP contribution in [0.4, 0.5) is 0 Å². The van der Waals surface area contributed by atoms with E-state index in [1.54, 1.807) is 54.6 Å². The minimum atomic E-state index is -1.86. The van der Waals surface area contributed by atoms with Gasteiger partial charge in [0.15, 0.2) is 18.3 Å². The van der Waals surface area contributed by atoms with Gasteiger partial charge >= 0.3 is 17.9 Å². The molecule has 0 unspecified atom stereocenters. The summed E-state index contributed by atoms with van der Waals surface area (Å²) >= 11 is 0. The van der Waals surface area contributed by atoms with Crippen molar-refractivity contribution in [1.29, 1.82) is 0 Å². The lowest BCUT2D eigenvalue weighted by Gasteiger charge is -2.43. The monoisotopic (exact) mass is 492 g/mol. The normalized spacial score (nSPS) is 25.4. The van der Waals surface area contributed by atoms with Gasteiger partial charge in [0.05, 0.1) is 16.7 Å². The van der Waals surface area contributed by atoms with E-state index in [2.05, 4.69) is 0 Å². The summed E-state index contributed by atoms with van der Waals surface area (Å²) in [7, 11) is 0. The number of carbonyl (C=O) groups excluding carboxylic acids is 3. The fourth-order valence-corrected chi connectivity index (χ4v) is 3.88. The number of aliphatic hydroxyl groups is 3. The summed E-state index contributed by atoms with van der Waals surface area (Å²) in [6.07, 6.45) is -10.6. The molecule has 3 aromatic rings. The van der Waals surface area contributed by atoms with E-state index in [1.165, 1.54) is 36.4 Å². The Morgan fingerprint density at radius 2 is 0.722 bits per heavy atom. The van der Waals surface area contributed by atoms with Gasteiger partial charge in [0.2, 0.25) is 0 Å². The van der Waals surface area contributed by atoms with Gasteiger partial charge in [-0.3, -0.25) is 0 Å². The van der Waals surface area contributed by atoms with Crippen molar-refractivity contribution < 1.29 is 43.9 Å². The first kappa shape index (κ1) is 25.1. The van der Waals surface area contributed by atoms with E-state index in [1.807, 2.05) is 0 Å². The second kappa shape index (κ2) is 11.1. The lowest BCUT2D eigenvalue weighted by molar-refractivity contribution is -0.223. The Morgan fingerprint density at radius 3 is 1.08 bits per heavy atom. The van der Waals surface area contributed by atoms with Gasteiger partial charge < -0.3 is 29.5 Å². The number of benzene rings is 3. The summed E-state index contributed by atoms with van der Waals surface area (Å²) in [5.41, 5.74) is 0.414. The molecule has 1 aliphatic carbocycles. The SMILES string of the molecule is O=C(O[C@H]1[C@H](O)[C@@H](O)[C@H](OC(=O)c2ccccc2)[C@@H](OC(=O)c2ccccc2)[C@H]1O)c1ccccc1. The summed E-state index contributed by atoms with van der Waals surface area (Å²) < 4.78 is 16.1. The molecule has 3 N–H and O–H groups in total. The van der Waals surface area contributed by atoms with Crippen molar-refractivity contribution in [3.63, 3.8) is 0 Å². The van der Waals surface area contributed by atoms with E-state index < -0.39 is 54.5 Å². The second-order valence-corrected chi connectivity index (χ2v) is 8.18. The first-order chi connectivity index (χ1) is 17.4. The van der Waals surface area contributed by atoms with Crippen molar-refractivity contribution in [3.05, 3.63) is 108 Å². The number of hydrogen-bond acceptors (Lipinski definition) is 9. The first-order valence-electron chi connectivity index (χ1n) is 11.2. The number of hydrogen-bond donors (Lipinski definition) is 3. The molecule has 0 radical (unpaired) electrons. The van der Waals surface area contributed by atoms with Crippen molar-refractivity contribution in [1.82, 2.24) is 0 Å². The quantitative estimate of drug-likeness (QED) is 0.347. The zero-order valence-electron chi connectivity index (χ0n) is 18.9. The number of esters is 3. The molecular formula is C27H24O9. The lowest BCUT2D eigenvalue weighted by Crippen LogP contribution is -2.66. The van der Waals surface area contributed by atoms with Gasteiger partial charge in [-0.05, 0) is 36.4 Å². The van der Waals surface area contributed by atoms with Crippen molar-refractivity contribution >= 4 is 17.9 Å². The third-order valence-electron chi connectivity index (χ3n) is 5.78. The Balaban J connectivity index is 1.61. The van der Waals surface area contributed by atoms with Crippen molar-refractivity contribution in [2.24, 2.45) is 0 Å². The molecule has 6 atom stereocenters. The molecule has 1 aliphatic rings. The molecule has 0 bridgehead atoms. The Bertz CT molecular complexity index is 1180. The van der Waals surface area contributed by atoms with Crippen LogP contribution in [0.3, 0.4) is 0 Å². The molecule has 36 heavy (non-hydrogen) atoms. The van der Waals surface area contributed by atoms with Gasteiger partial charge in [-0.1, -0.05) is 54.6 Å².